The van der Waals surface area contributed by atoms with E-state index >= 15 is 0 Å². The largest absolute Gasteiger partial charge is 0.493 e. The Morgan fingerprint density at radius 2 is 1.66 bits per heavy atom. The van der Waals surface area contributed by atoms with Crippen molar-refractivity contribution in [1.82, 2.24) is 4.90 Å². The Balaban J connectivity index is 1.01. The highest BCUT2D eigenvalue weighted by atomic mass is 19.1. The fourth-order valence-corrected chi connectivity index (χ4v) is 5.25. The van der Waals surface area contributed by atoms with E-state index < -0.39 is 23.0 Å². The first-order chi connectivity index (χ1) is 17.0. The van der Waals surface area contributed by atoms with Crippen molar-refractivity contribution in [3.8, 4) is 5.75 Å². The summed E-state index contributed by atoms with van der Waals surface area (Å²) in [5.41, 5.74) is 0.546. The van der Waals surface area contributed by atoms with E-state index in [9.17, 15) is 18.4 Å². The lowest BCUT2D eigenvalue weighted by atomic mass is 9.91. The molecule has 3 fully saturated rings. The molecule has 186 valence electrons. The number of halogens is 2. The van der Waals surface area contributed by atoms with Crippen LogP contribution in [0.3, 0.4) is 0 Å². The number of hydrogen-bond acceptors (Lipinski definition) is 4. The number of likely N-dealkylation sites (tertiary alicyclic amines) is 1. The average molecular weight is 484 g/mol. The number of ketones is 1. The second-order valence-electron chi connectivity index (χ2n) is 10.1. The van der Waals surface area contributed by atoms with Crippen molar-refractivity contribution in [3.05, 3.63) is 65.2 Å². The van der Waals surface area contributed by atoms with Crippen molar-refractivity contribution in [2.24, 2.45) is 23.7 Å². The van der Waals surface area contributed by atoms with Gasteiger partial charge in [0, 0.05) is 31.1 Å². The third-order valence-corrected chi connectivity index (χ3v) is 7.55. The predicted molar refractivity (Wildman–Crippen MR) is 126 cm³/mol. The van der Waals surface area contributed by atoms with Gasteiger partial charge in [-0.05, 0) is 61.8 Å². The van der Waals surface area contributed by atoms with Gasteiger partial charge in [-0.3, -0.25) is 4.79 Å². The van der Waals surface area contributed by atoms with Gasteiger partial charge in [0.2, 0.25) is 0 Å². The maximum absolute atomic E-state index is 14.3. The number of rotatable bonds is 9. The van der Waals surface area contributed by atoms with Crippen LogP contribution in [0.15, 0.2) is 42.5 Å². The quantitative estimate of drug-likeness (QED) is 0.410. The van der Waals surface area contributed by atoms with Gasteiger partial charge in [0.25, 0.3) is 0 Å². The number of carbonyl (C=O) groups excluding carboxylic acids is 2. The molecule has 5 nitrogen and oxygen atoms in total. The second kappa shape index (κ2) is 10.3. The maximum atomic E-state index is 14.3. The summed E-state index contributed by atoms with van der Waals surface area (Å²) < 4.78 is 39.7. The lowest BCUT2D eigenvalue weighted by Gasteiger charge is -2.31. The number of carbonyl (C=O) groups is 2. The molecule has 0 spiro atoms. The molecule has 2 atom stereocenters. The predicted octanol–water partition coefficient (Wildman–Crippen LogP) is 6.01. The van der Waals surface area contributed by atoms with Gasteiger partial charge in [0.1, 0.15) is 24.0 Å². The number of hydrogen-bond donors (Lipinski definition) is 0. The summed E-state index contributed by atoms with van der Waals surface area (Å²) in [6.45, 7) is 2.10. The van der Waals surface area contributed by atoms with Gasteiger partial charge in [-0.25, -0.2) is 13.6 Å². The van der Waals surface area contributed by atoms with Gasteiger partial charge in [0.15, 0.2) is 5.78 Å². The van der Waals surface area contributed by atoms with Crippen LogP contribution in [0.2, 0.25) is 0 Å². The van der Waals surface area contributed by atoms with Gasteiger partial charge >= 0.3 is 6.09 Å². The first kappa shape index (κ1) is 23.8. The minimum Gasteiger partial charge on any atom is -0.493 e. The molecule has 0 aromatic heterocycles. The summed E-state index contributed by atoms with van der Waals surface area (Å²) in [5, 5.41) is 0. The zero-order chi connectivity index (χ0) is 24.4. The summed E-state index contributed by atoms with van der Waals surface area (Å²) in [6, 6.07) is 11.9. The Morgan fingerprint density at radius 3 is 2.31 bits per heavy atom. The number of amides is 1. The Bertz CT molecular complexity index is 1040. The molecule has 2 aliphatic carbocycles. The lowest BCUT2D eigenvalue weighted by Crippen LogP contribution is -2.39. The Labute approximate surface area is 204 Å². The highest BCUT2D eigenvalue weighted by molar-refractivity contribution is 5.99. The summed E-state index contributed by atoms with van der Waals surface area (Å²) in [6.07, 6.45) is 5.05. The molecule has 2 aromatic rings. The van der Waals surface area contributed by atoms with Gasteiger partial charge in [-0.2, -0.15) is 0 Å². The van der Waals surface area contributed by atoms with E-state index in [1.165, 1.54) is 0 Å². The van der Waals surface area contributed by atoms with Gasteiger partial charge in [-0.15, -0.1) is 0 Å². The molecule has 3 aliphatic rings. The summed E-state index contributed by atoms with van der Waals surface area (Å²) in [5.74, 6) is -0.472. The fourth-order valence-electron chi connectivity index (χ4n) is 5.25. The highest BCUT2D eigenvalue weighted by Crippen LogP contribution is 2.49. The number of benzene rings is 2. The van der Waals surface area contributed by atoms with Crippen LogP contribution >= 0.6 is 0 Å². The minimum absolute atomic E-state index is 0.131. The third kappa shape index (κ3) is 5.82. The molecule has 1 saturated heterocycles. The van der Waals surface area contributed by atoms with E-state index in [4.69, 9.17) is 9.47 Å². The molecular formula is C28H31F2NO4. The van der Waals surface area contributed by atoms with Crippen LogP contribution in [-0.4, -0.2) is 36.5 Å². The summed E-state index contributed by atoms with van der Waals surface area (Å²) >= 11 is 0. The number of piperidine rings is 1. The van der Waals surface area contributed by atoms with Crippen molar-refractivity contribution < 1.29 is 27.8 Å². The van der Waals surface area contributed by atoms with E-state index in [0.29, 0.717) is 50.3 Å². The Morgan fingerprint density at radius 1 is 0.971 bits per heavy atom. The normalized spacial score (nSPS) is 22.1. The molecule has 35 heavy (non-hydrogen) atoms. The molecular weight excluding hydrogens is 452 g/mol. The number of Topliss-reactive ketones (excluding diaryl/α,β-unsaturated/α-hetero) is 1. The van der Waals surface area contributed by atoms with Crippen molar-refractivity contribution in [2.75, 3.05) is 19.7 Å². The standard InChI is InChI=1S/C28H31F2NO4/c29-24-15-22(16-25(30)26(24)27(32)20-6-7-20)34-13-10-21-14-23(21)19-8-11-31(12-9-19)28(33)35-17-18-4-2-1-3-5-18/h1-5,15-16,19-21,23H,6-14,17H2/t21-,23?/m1/s1. The first-order valence-electron chi connectivity index (χ1n) is 12.6. The molecule has 0 radical (unpaired) electrons. The first-order valence-corrected chi connectivity index (χ1v) is 12.6. The number of ether oxygens (including phenoxy) is 2. The molecule has 1 unspecified atom stereocenters. The van der Waals surface area contributed by atoms with Gasteiger partial charge in [-0.1, -0.05) is 30.3 Å². The zero-order valence-electron chi connectivity index (χ0n) is 19.8. The summed E-state index contributed by atoms with van der Waals surface area (Å²) in [7, 11) is 0. The molecule has 1 amide bonds. The molecule has 7 heteroatoms. The van der Waals surface area contributed by atoms with Crippen molar-refractivity contribution in [1.29, 1.82) is 0 Å². The van der Waals surface area contributed by atoms with Crippen LogP contribution in [0.25, 0.3) is 0 Å². The fraction of sp³-hybridized carbons (Fsp3) is 0.500. The molecule has 1 aliphatic heterocycles. The third-order valence-electron chi connectivity index (χ3n) is 7.55. The average Bonchev–Trinajstić information content (AvgIpc) is 3.78. The van der Waals surface area contributed by atoms with Crippen LogP contribution in [0.4, 0.5) is 13.6 Å². The van der Waals surface area contributed by atoms with Crippen molar-refractivity contribution in [2.45, 2.75) is 45.1 Å². The van der Waals surface area contributed by atoms with E-state index in [2.05, 4.69) is 0 Å². The van der Waals surface area contributed by atoms with E-state index in [1.54, 1.807) is 4.90 Å². The monoisotopic (exact) mass is 483 g/mol. The molecule has 0 bridgehead atoms. The van der Waals surface area contributed by atoms with E-state index in [1.807, 2.05) is 30.3 Å². The lowest BCUT2D eigenvalue weighted by molar-refractivity contribution is 0.0795. The SMILES string of the molecule is O=C(c1c(F)cc(OCC[C@@H]2CC2C2CCN(C(=O)OCc3ccccc3)CC2)cc1F)C1CC1. The van der Waals surface area contributed by atoms with Gasteiger partial charge in [0.05, 0.1) is 12.2 Å². The highest BCUT2D eigenvalue weighted by Gasteiger charge is 2.43. The zero-order valence-corrected chi connectivity index (χ0v) is 19.8. The number of nitrogens with zero attached hydrogens (tertiary/aromatic N) is 1. The topological polar surface area (TPSA) is 55.8 Å². The van der Waals surface area contributed by atoms with Crippen LogP contribution in [-0.2, 0) is 11.3 Å². The molecule has 1 heterocycles. The summed E-state index contributed by atoms with van der Waals surface area (Å²) in [4.78, 5) is 26.2. The second-order valence-corrected chi connectivity index (χ2v) is 10.1. The minimum atomic E-state index is -0.838. The molecule has 5 rings (SSSR count). The van der Waals surface area contributed by atoms with Crippen LogP contribution in [0.1, 0.15) is 54.4 Å². The van der Waals surface area contributed by atoms with Crippen molar-refractivity contribution in [3.63, 3.8) is 0 Å². The van der Waals surface area contributed by atoms with Gasteiger partial charge < -0.3 is 14.4 Å². The van der Waals surface area contributed by atoms with Crippen molar-refractivity contribution >= 4 is 11.9 Å². The molecule has 2 aromatic carbocycles. The smallest absolute Gasteiger partial charge is 0.410 e. The Hall–Kier alpha value is -2.96. The maximum Gasteiger partial charge on any atom is 0.410 e. The van der Waals surface area contributed by atoms with E-state index in [0.717, 1.165) is 43.4 Å². The van der Waals surface area contributed by atoms with Crippen LogP contribution in [0.5, 0.6) is 5.75 Å². The van der Waals surface area contributed by atoms with E-state index in [-0.39, 0.29) is 24.4 Å². The molecule has 0 N–H and O–H groups in total. The van der Waals surface area contributed by atoms with Crippen LogP contribution in [0, 0.1) is 35.3 Å². The molecule has 2 saturated carbocycles. The van der Waals surface area contributed by atoms with Crippen LogP contribution < -0.4 is 4.74 Å². The Kier molecular flexibility index (Phi) is 7.02.